The van der Waals surface area contributed by atoms with Crippen LogP contribution in [0.25, 0.3) is 5.57 Å². The van der Waals surface area contributed by atoms with Crippen LogP contribution in [0.2, 0.25) is 0 Å². The number of hydrogen-bond acceptors (Lipinski definition) is 3. The first-order valence-electron chi connectivity index (χ1n) is 6.63. The fourth-order valence-corrected chi connectivity index (χ4v) is 2.38. The summed E-state index contributed by atoms with van der Waals surface area (Å²) in [5.41, 5.74) is 3.93. The summed E-state index contributed by atoms with van der Waals surface area (Å²) in [5.74, 6) is -0.263. The zero-order valence-electron chi connectivity index (χ0n) is 11.5. The summed E-state index contributed by atoms with van der Waals surface area (Å²) >= 11 is 0. The number of allylic oxidation sites excluding steroid dienone is 1. The van der Waals surface area contributed by atoms with Crippen molar-refractivity contribution in [3.8, 4) is 0 Å². The van der Waals surface area contributed by atoms with Crippen molar-refractivity contribution in [1.82, 2.24) is 0 Å². The van der Waals surface area contributed by atoms with E-state index >= 15 is 0 Å². The van der Waals surface area contributed by atoms with E-state index in [1.165, 1.54) is 0 Å². The maximum absolute atomic E-state index is 12.2. The average molecular weight is 278 g/mol. The molecule has 104 valence electrons. The number of anilines is 2. The number of amides is 1. The predicted molar refractivity (Wildman–Crippen MR) is 82.9 cm³/mol. The molecule has 4 nitrogen and oxygen atoms in total. The Kier molecular flexibility index (Phi) is 3.28. The van der Waals surface area contributed by atoms with Crippen LogP contribution in [0.4, 0.5) is 11.4 Å². The minimum absolute atomic E-state index is 0.263. The molecule has 3 rings (SSSR count). The molecule has 0 fully saturated rings. The lowest BCUT2D eigenvalue weighted by atomic mass is 10.0. The summed E-state index contributed by atoms with van der Waals surface area (Å²) in [6.45, 7) is 1.95. The van der Waals surface area contributed by atoms with Gasteiger partial charge in [-0.15, -0.1) is 0 Å². The Labute approximate surface area is 122 Å². The van der Waals surface area contributed by atoms with Gasteiger partial charge in [-0.05, 0) is 31.2 Å². The van der Waals surface area contributed by atoms with Gasteiger partial charge in [-0.3, -0.25) is 9.59 Å². The van der Waals surface area contributed by atoms with Crippen molar-refractivity contribution in [3.63, 3.8) is 0 Å². The molecule has 2 aromatic carbocycles. The van der Waals surface area contributed by atoms with Crippen molar-refractivity contribution in [1.29, 1.82) is 0 Å². The number of benzene rings is 2. The first-order valence-corrected chi connectivity index (χ1v) is 6.63. The summed E-state index contributed by atoms with van der Waals surface area (Å²) in [6, 6.07) is 15.0. The Morgan fingerprint density at radius 3 is 2.62 bits per heavy atom. The van der Waals surface area contributed by atoms with Crippen LogP contribution >= 0.6 is 0 Å². The molecule has 4 heteroatoms. The maximum atomic E-state index is 12.2. The molecule has 0 saturated carbocycles. The summed E-state index contributed by atoms with van der Waals surface area (Å²) in [4.78, 5) is 23.6. The lowest BCUT2D eigenvalue weighted by Crippen LogP contribution is -2.11. The van der Waals surface area contributed by atoms with Gasteiger partial charge in [-0.25, -0.2) is 0 Å². The van der Waals surface area contributed by atoms with Gasteiger partial charge in [0, 0.05) is 16.9 Å². The zero-order chi connectivity index (χ0) is 14.8. The highest BCUT2D eigenvalue weighted by atomic mass is 16.2. The molecule has 0 unspecified atom stereocenters. The number of rotatable bonds is 3. The van der Waals surface area contributed by atoms with E-state index in [2.05, 4.69) is 10.6 Å². The highest BCUT2D eigenvalue weighted by molar-refractivity contribution is 6.34. The standard InChI is InChI=1S/C17H14N2O2/c1-11-7-8-14-13(9-11)16(17(21)19-14)15(10-20)18-12-5-3-2-4-6-12/h2-10,18H,1H3,(H,19,21)/b16-15-. The number of aldehydes is 1. The molecule has 1 aliphatic rings. The second-order valence-corrected chi connectivity index (χ2v) is 4.90. The van der Waals surface area contributed by atoms with Crippen molar-refractivity contribution in [2.24, 2.45) is 0 Å². The summed E-state index contributed by atoms with van der Waals surface area (Å²) in [6.07, 6.45) is 0.680. The number of fused-ring (bicyclic) bond motifs is 1. The fraction of sp³-hybridized carbons (Fsp3) is 0.0588. The Morgan fingerprint density at radius 1 is 1.14 bits per heavy atom. The van der Waals surface area contributed by atoms with Crippen molar-refractivity contribution in [3.05, 3.63) is 65.4 Å². The van der Waals surface area contributed by atoms with Crippen molar-refractivity contribution < 1.29 is 9.59 Å². The second kappa shape index (κ2) is 5.25. The molecule has 0 saturated heterocycles. The van der Waals surface area contributed by atoms with E-state index < -0.39 is 0 Å². The molecular formula is C17H14N2O2. The van der Waals surface area contributed by atoms with E-state index in [9.17, 15) is 9.59 Å². The smallest absolute Gasteiger partial charge is 0.258 e. The number of aryl methyl sites for hydroxylation is 1. The molecule has 2 N–H and O–H groups in total. The molecule has 0 radical (unpaired) electrons. The van der Waals surface area contributed by atoms with Gasteiger partial charge in [0.15, 0.2) is 6.29 Å². The normalized spacial score (nSPS) is 15.2. The van der Waals surface area contributed by atoms with Gasteiger partial charge in [0.2, 0.25) is 0 Å². The van der Waals surface area contributed by atoms with Crippen LogP contribution in [0.3, 0.4) is 0 Å². The minimum Gasteiger partial charge on any atom is -0.352 e. The Hall–Kier alpha value is -2.88. The Balaban J connectivity index is 2.09. The van der Waals surface area contributed by atoms with Crippen LogP contribution in [-0.4, -0.2) is 12.2 Å². The molecule has 0 spiro atoms. The third kappa shape index (κ3) is 2.43. The van der Waals surface area contributed by atoms with Crippen molar-refractivity contribution in [2.45, 2.75) is 6.92 Å². The average Bonchev–Trinajstić information content (AvgIpc) is 2.81. The van der Waals surface area contributed by atoms with Crippen molar-refractivity contribution in [2.75, 3.05) is 10.6 Å². The molecule has 0 atom stereocenters. The largest absolute Gasteiger partial charge is 0.352 e. The van der Waals surface area contributed by atoms with Gasteiger partial charge in [0.25, 0.3) is 5.91 Å². The topological polar surface area (TPSA) is 58.2 Å². The highest BCUT2D eigenvalue weighted by Crippen LogP contribution is 2.34. The molecule has 0 aliphatic carbocycles. The third-order valence-corrected chi connectivity index (χ3v) is 3.36. The van der Waals surface area contributed by atoms with Crippen LogP contribution in [0.5, 0.6) is 0 Å². The molecule has 2 aromatic rings. The Bertz CT molecular complexity index is 749. The van der Waals surface area contributed by atoms with E-state index in [1.54, 1.807) is 0 Å². The van der Waals surface area contributed by atoms with Gasteiger partial charge in [0.05, 0.1) is 11.3 Å². The lowest BCUT2D eigenvalue weighted by molar-refractivity contribution is -0.111. The van der Waals surface area contributed by atoms with Crippen LogP contribution in [0.1, 0.15) is 11.1 Å². The first-order chi connectivity index (χ1) is 10.2. The number of hydrogen-bond donors (Lipinski definition) is 2. The number of carbonyl (C=O) groups excluding carboxylic acids is 2. The maximum Gasteiger partial charge on any atom is 0.258 e. The van der Waals surface area contributed by atoms with E-state index in [0.29, 0.717) is 11.9 Å². The van der Waals surface area contributed by atoms with Gasteiger partial charge in [-0.1, -0.05) is 29.8 Å². The molecule has 1 aliphatic heterocycles. The molecule has 0 bridgehead atoms. The third-order valence-electron chi connectivity index (χ3n) is 3.36. The summed E-state index contributed by atoms with van der Waals surface area (Å²) < 4.78 is 0. The van der Waals surface area contributed by atoms with E-state index in [0.717, 1.165) is 22.5 Å². The second-order valence-electron chi connectivity index (χ2n) is 4.90. The highest BCUT2D eigenvalue weighted by Gasteiger charge is 2.27. The van der Waals surface area contributed by atoms with Crippen LogP contribution < -0.4 is 10.6 Å². The van der Waals surface area contributed by atoms with Gasteiger partial charge < -0.3 is 10.6 Å². The lowest BCUT2D eigenvalue weighted by Gasteiger charge is -2.08. The SMILES string of the molecule is Cc1ccc2c(c1)/C(=C(\C=O)Nc1ccccc1)C(=O)N2. The predicted octanol–water partition coefficient (Wildman–Crippen LogP) is 2.97. The van der Waals surface area contributed by atoms with Crippen LogP contribution in [0, 0.1) is 6.92 Å². The fourth-order valence-electron chi connectivity index (χ4n) is 2.38. The van der Waals surface area contributed by atoms with Gasteiger partial charge in [0.1, 0.15) is 0 Å². The van der Waals surface area contributed by atoms with Gasteiger partial charge in [-0.2, -0.15) is 0 Å². The Morgan fingerprint density at radius 2 is 1.90 bits per heavy atom. The monoisotopic (exact) mass is 278 g/mol. The zero-order valence-corrected chi connectivity index (χ0v) is 11.5. The number of carbonyl (C=O) groups is 2. The number of para-hydroxylation sites is 1. The van der Waals surface area contributed by atoms with Crippen LogP contribution in [-0.2, 0) is 9.59 Å². The molecule has 21 heavy (non-hydrogen) atoms. The van der Waals surface area contributed by atoms with E-state index in [1.807, 2.05) is 55.5 Å². The van der Waals surface area contributed by atoms with Crippen molar-refractivity contribution >= 4 is 29.1 Å². The number of nitrogens with one attached hydrogen (secondary N) is 2. The summed E-state index contributed by atoms with van der Waals surface area (Å²) in [5, 5.41) is 5.79. The van der Waals surface area contributed by atoms with E-state index in [-0.39, 0.29) is 11.6 Å². The molecule has 1 heterocycles. The van der Waals surface area contributed by atoms with Crippen LogP contribution in [0.15, 0.2) is 54.2 Å². The quantitative estimate of drug-likeness (QED) is 0.670. The molecular weight excluding hydrogens is 264 g/mol. The van der Waals surface area contributed by atoms with Gasteiger partial charge >= 0.3 is 0 Å². The minimum atomic E-state index is -0.263. The van der Waals surface area contributed by atoms with E-state index in [4.69, 9.17) is 0 Å². The first kappa shape index (κ1) is 13.1. The molecule has 1 amide bonds. The molecule has 0 aromatic heterocycles. The summed E-state index contributed by atoms with van der Waals surface area (Å²) in [7, 11) is 0.